The lowest BCUT2D eigenvalue weighted by atomic mass is 9.99. The first-order valence-corrected chi connectivity index (χ1v) is 7.90. The van der Waals surface area contributed by atoms with E-state index in [1.54, 1.807) is 12.3 Å². The van der Waals surface area contributed by atoms with Crippen molar-refractivity contribution in [2.24, 2.45) is 0 Å². The minimum Gasteiger partial charge on any atom is -0.356 e. The summed E-state index contributed by atoms with van der Waals surface area (Å²) in [6, 6.07) is 14.2. The Kier molecular flexibility index (Phi) is 4.74. The maximum absolute atomic E-state index is 12.0. The van der Waals surface area contributed by atoms with Gasteiger partial charge in [0, 0.05) is 25.8 Å². The molecule has 0 spiro atoms. The fourth-order valence-electron chi connectivity index (χ4n) is 3.05. The van der Waals surface area contributed by atoms with Crippen LogP contribution in [0.15, 0.2) is 42.6 Å². The van der Waals surface area contributed by atoms with E-state index >= 15 is 0 Å². The van der Waals surface area contributed by atoms with E-state index in [0.717, 1.165) is 19.6 Å². The number of nitriles is 1. The number of carbonyl (C=O) groups excluding carboxylic acids is 1. The number of aromatic nitrogens is 1. The van der Waals surface area contributed by atoms with Gasteiger partial charge in [-0.2, -0.15) is 5.26 Å². The molecule has 5 nitrogen and oxygen atoms in total. The van der Waals surface area contributed by atoms with Gasteiger partial charge in [-0.15, -0.1) is 0 Å². The predicted molar refractivity (Wildman–Crippen MR) is 88.1 cm³/mol. The second-order valence-electron chi connectivity index (χ2n) is 5.87. The second kappa shape index (κ2) is 7.12. The Morgan fingerprint density at radius 3 is 2.96 bits per heavy atom. The molecule has 1 aliphatic rings. The third kappa shape index (κ3) is 3.79. The van der Waals surface area contributed by atoms with Crippen molar-refractivity contribution in [1.29, 1.82) is 5.26 Å². The molecule has 0 bridgehead atoms. The summed E-state index contributed by atoms with van der Waals surface area (Å²) in [6.07, 6.45) is 2.71. The number of hydrogen-bond donors (Lipinski definition) is 2. The van der Waals surface area contributed by atoms with Crippen LogP contribution in [0.5, 0.6) is 0 Å². The first-order chi connectivity index (χ1) is 11.3. The number of carbonyl (C=O) groups is 1. The molecule has 2 heterocycles. The molecular formula is C18H20N4O. The molecule has 3 rings (SSSR count). The number of rotatable bonds is 5. The molecule has 1 atom stereocenters. The van der Waals surface area contributed by atoms with Gasteiger partial charge >= 0.3 is 0 Å². The minimum absolute atomic E-state index is 0.162. The molecule has 1 fully saturated rings. The normalized spacial score (nSPS) is 17.8. The van der Waals surface area contributed by atoms with Crippen LogP contribution in [0.3, 0.4) is 0 Å². The van der Waals surface area contributed by atoms with E-state index in [-0.39, 0.29) is 5.91 Å². The first-order valence-electron chi connectivity index (χ1n) is 7.90. The maximum Gasteiger partial charge on any atom is 0.267 e. The monoisotopic (exact) mass is 308 g/mol. The number of nitrogens with zero attached hydrogens (tertiary/aromatic N) is 2. The molecule has 1 aliphatic heterocycles. The van der Waals surface area contributed by atoms with E-state index in [0.29, 0.717) is 23.7 Å². The van der Waals surface area contributed by atoms with Crippen molar-refractivity contribution in [2.45, 2.75) is 12.3 Å². The Bertz CT molecular complexity index is 701. The lowest BCUT2D eigenvalue weighted by molar-refractivity contribution is 0.0945. The number of likely N-dealkylation sites (tertiary alicyclic amines) is 1. The Balaban J connectivity index is 1.43. The van der Waals surface area contributed by atoms with Crippen molar-refractivity contribution < 1.29 is 4.79 Å². The Labute approximate surface area is 135 Å². The second-order valence-corrected chi connectivity index (χ2v) is 5.87. The molecule has 2 aromatic rings. The van der Waals surface area contributed by atoms with Gasteiger partial charge in [0.25, 0.3) is 5.91 Å². The molecular weight excluding hydrogens is 288 g/mol. The highest BCUT2D eigenvalue weighted by Gasteiger charge is 2.23. The standard InChI is InChI=1S/C18H20N4O/c19-11-14-10-17(21-12-14)18(23)20-7-9-22-8-6-16(13-22)15-4-2-1-3-5-15/h1-5,10,12,16,21H,6-9,13H2,(H,20,23)/t16-/m0/s1. The van der Waals surface area contributed by atoms with Gasteiger partial charge in [0.2, 0.25) is 0 Å². The van der Waals surface area contributed by atoms with Crippen LogP contribution in [0.2, 0.25) is 0 Å². The lowest BCUT2D eigenvalue weighted by Crippen LogP contribution is -2.33. The van der Waals surface area contributed by atoms with Crippen LogP contribution >= 0.6 is 0 Å². The van der Waals surface area contributed by atoms with E-state index in [9.17, 15) is 4.79 Å². The van der Waals surface area contributed by atoms with Crippen molar-refractivity contribution >= 4 is 5.91 Å². The van der Waals surface area contributed by atoms with Crippen molar-refractivity contribution in [3.63, 3.8) is 0 Å². The van der Waals surface area contributed by atoms with Gasteiger partial charge in [-0.3, -0.25) is 4.79 Å². The number of hydrogen-bond acceptors (Lipinski definition) is 3. The largest absolute Gasteiger partial charge is 0.356 e. The fraction of sp³-hybridized carbons (Fsp3) is 0.333. The molecule has 5 heteroatoms. The van der Waals surface area contributed by atoms with Crippen molar-refractivity contribution in [3.8, 4) is 6.07 Å². The van der Waals surface area contributed by atoms with Crippen molar-refractivity contribution in [3.05, 3.63) is 59.4 Å². The van der Waals surface area contributed by atoms with Crippen LogP contribution in [0, 0.1) is 11.3 Å². The zero-order valence-corrected chi connectivity index (χ0v) is 13.0. The van der Waals surface area contributed by atoms with Gasteiger partial charge < -0.3 is 15.2 Å². The Morgan fingerprint density at radius 2 is 2.22 bits per heavy atom. The van der Waals surface area contributed by atoms with Gasteiger partial charge in [-0.25, -0.2) is 0 Å². The average Bonchev–Trinajstić information content (AvgIpc) is 3.25. The highest BCUT2D eigenvalue weighted by Crippen LogP contribution is 2.26. The van der Waals surface area contributed by atoms with Gasteiger partial charge in [0.15, 0.2) is 0 Å². The van der Waals surface area contributed by atoms with Gasteiger partial charge in [0.05, 0.1) is 5.56 Å². The molecule has 2 N–H and O–H groups in total. The zero-order chi connectivity index (χ0) is 16.1. The van der Waals surface area contributed by atoms with Crippen LogP contribution < -0.4 is 5.32 Å². The summed E-state index contributed by atoms with van der Waals surface area (Å²) in [4.78, 5) is 17.2. The number of amides is 1. The van der Waals surface area contributed by atoms with Crippen LogP contribution in [-0.4, -0.2) is 42.0 Å². The predicted octanol–water partition coefficient (Wildman–Crippen LogP) is 2.11. The van der Waals surface area contributed by atoms with Gasteiger partial charge in [-0.1, -0.05) is 30.3 Å². The van der Waals surface area contributed by atoms with Gasteiger partial charge in [0.1, 0.15) is 11.8 Å². The molecule has 0 unspecified atom stereocenters. The van der Waals surface area contributed by atoms with Crippen LogP contribution in [-0.2, 0) is 0 Å². The first kappa shape index (κ1) is 15.3. The topological polar surface area (TPSA) is 71.9 Å². The van der Waals surface area contributed by atoms with E-state index in [4.69, 9.17) is 5.26 Å². The third-order valence-corrected chi connectivity index (χ3v) is 4.31. The third-order valence-electron chi connectivity index (χ3n) is 4.31. The highest BCUT2D eigenvalue weighted by molar-refractivity contribution is 5.92. The number of aromatic amines is 1. The quantitative estimate of drug-likeness (QED) is 0.888. The Hall–Kier alpha value is -2.58. The molecule has 0 radical (unpaired) electrons. The highest BCUT2D eigenvalue weighted by atomic mass is 16.1. The molecule has 0 saturated carbocycles. The molecule has 23 heavy (non-hydrogen) atoms. The maximum atomic E-state index is 12.0. The van der Waals surface area contributed by atoms with E-state index in [1.807, 2.05) is 12.1 Å². The number of benzene rings is 1. The minimum atomic E-state index is -0.162. The summed E-state index contributed by atoms with van der Waals surface area (Å²) in [5.41, 5.74) is 2.31. The van der Waals surface area contributed by atoms with Crippen LogP contribution in [0.1, 0.15) is 34.0 Å². The number of H-pyrrole nitrogens is 1. The SMILES string of the molecule is N#Cc1c[nH]c(C(=O)NCCN2CC[C@H](c3ccccc3)C2)c1. The molecule has 1 amide bonds. The van der Waals surface area contributed by atoms with E-state index < -0.39 is 0 Å². The molecule has 118 valence electrons. The molecule has 1 saturated heterocycles. The zero-order valence-electron chi connectivity index (χ0n) is 13.0. The fourth-order valence-corrected chi connectivity index (χ4v) is 3.05. The van der Waals surface area contributed by atoms with Crippen molar-refractivity contribution in [2.75, 3.05) is 26.2 Å². The summed E-state index contributed by atoms with van der Waals surface area (Å²) in [7, 11) is 0. The summed E-state index contributed by atoms with van der Waals surface area (Å²) in [5, 5.41) is 11.7. The summed E-state index contributed by atoms with van der Waals surface area (Å²) >= 11 is 0. The molecule has 1 aromatic carbocycles. The van der Waals surface area contributed by atoms with Crippen molar-refractivity contribution in [1.82, 2.24) is 15.2 Å². The molecule has 1 aromatic heterocycles. The molecule has 0 aliphatic carbocycles. The van der Waals surface area contributed by atoms with E-state index in [2.05, 4.69) is 39.5 Å². The van der Waals surface area contributed by atoms with E-state index in [1.165, 1.54) is 12.0 Å². The Morgan fingerprint density at radius 1 is 1.39 bits per heavy atom. The summed E-state index contributed by atoms with van der Waals surface area (Å²) in [6.45, 7) is 3.57. The summed E-state index contributed by atoms with van der Waals surface area (Å²) in [5.74, 6) is 0.429. The van der Waals surface area contributed by atoms with Crippen LogP contribution in [0.4, 0.5) is 0 Å². The number of nitrogens with one attached hydrogen (secondary N) is 2. The van der Waals surface area contributed by atoms with Gasteiger partial charge in [-0.05, 0) is 30.5 Å². The summed E-state index contributed by atoms with van der Waals surface area (Å²) < 4.78 is 0. The van der Waals surface area contributed by atoms with Crippen LogP contribution in [0.25, 0.3) is 0 Å². The average molecular weight is 308 g/mol. The smallest absolute Gasteiger partial charge is 0.267 e. The lowest BCUT2D eigenvalue weighted by Gasteiger charge is -2.16.